The van der Waals surface area contributed by atoms with E-state index in [-0.39, 0.29) is 41.9 Å². The number of nitrogen functional groups attached to an aromatic ring is 1. The lowest BCUT2D eigenvalue weighted by Gasteiger charge is -2.20. The molecule has 49 heavy (non-hydrogen) atoms. The number of hydrogen-bond acceptors (Lipinski definition) is 14. The van der Waals surface area contributed by atoms with Gasteiger partial charge >= 0.3 is 34.9 Å². The Morgan fingerprint density at radius 2 is 1.94 bits per heavy atom. The molecule has 1 aliphatic heterocycles. The van der Waals surface area contributed by atoms with Gasteiger partial charge in [0, 0.05) is 25.3 Å². The van der Waals surface area contributed by atoms with Gasteiger partial charge in [-0.05, 0) is 37.3 Å². The lowest BCUT2D eigenvalue weighted by Crippen LogP contribution is -2.29. The molecule has 5 N–H and O–H groups in total. The Kier molecular flexibility index (Phi) is 13.6. The molecule has 2 aromatic rings. The molecule has 0 amide bonds. The number of carbonyl (C=O) groups excluding carboxylic acids is 1. The van der Waals surface area contributed by atoms with Gasteiger partial charge in [-0.2, -0.15) is 9.29 Å². The summed E-state index contributed by atoms with van der Waals surface area (Å²) in [6, 6.07) is 4.72. The first kappa shape index (κ1) is 40.2. The van der Waals surface area contributed by atoms with Crippen LogP contribution in [0.25, 0.3) is 0 Å². The molecule has 1 aromatic carbocycles. The fourth-order valence-corrected chi connectivity index (χ4v) is 8.22. The molecule has 1 aromatic heterocycles. The first-order valence-electron chi connectivity index (χ1n) is 14.7. The summed E-state index contributed by atoms with van der Waals surface area (Å²) < 4.78 is 60.1. The van der Waals surface area contributed by atoms with Crippen molar-refractivity contribution in [2.45, 2.75) is 71.3 Å². The number of nitrogens with zero attached hydrogens (tertiary/aromatic N) is 3. The fraction of sp³-hybridized carbons (Fsp3) is 0.519. The van der Waals surface area contributed by atoms with Crippen molar-refractivity contribution >= 4 is 40.7 Å². The summed E-state index contributed by atoms with van der Waals surface area (Å²) in [5.74, 6) is 4.27. The monoisotopic (exact) mass is 750 g/mol. The molecule has 0 aliphatic carbocycles. The van der Waals surface area contributed by atoms with E-state index in [0.717, 1.165) is 16.6 Å². The largest absolute Gasteiger partial charge is 0.488 e. The van der Waals surface area contributed by atoms with Crippen molar-refractivity contribution < 1.29 is 60.7 Å². The number of carbonyl (C=O) groups is 1. The predicted octanol–water partition coefficient (Wildman–Crippen LogP) is 4.11. The standard InChI is InChI=1S/C27H37N4O15P3/c1-5-8-19-11-12-22(31(34)35)21(14-19)18(3)43-25(32)10-7-6-9-20-15-30(27(33)29-26(20)28)24-13-17(2)23(44-24)16-42-48(38,39)46-49(40,41)45-47(4,36)37/h11-12,14-15,17-18,23-24H,5,7-8,10,13,16H2,1-4H3,(H,36,37)(H,38,39)(H,40,41)(H2,28,29,33)/t17-,18?,23-,24-/m1/s1. The van der Waals surface area contributed by atoms with Gasteiger partial charge in [0.05, 0.1) is 35.2 Å². The van der Waals surface area contributed by atoms with Crippen molar-refractivity contribution in [2.24, 2.45) is 5.92 Å². The molecule has 0 saturated carbocycles. The summed E-state index contributed by atoms with van der Waals surface area (Å²) in [7, 11) is -15.3. The van der Waals surface area contributed by atoms with Gasteiger partial charge in [0.1, 0.15) is 18.1 Å². The van der Waals surface area contributed by atoms with Crippen LogP contribution in [0.5, 0.6) is 0 Å². The number of phosphoric ester groups is 1. The number of nitrogens with two attached hydrogens (primary N) is 1. The maximum atomic E-state index is 12.6. The maximum Gasteiger partial charge on any atom is 0.488 e. The summed E-state index contributed by atoms with van der Waals surface area (Å²) in [4.78, 5) is 68.2. The SMILES string of the molecule is CCCc1ccc([N+](=O)[O-])c(C(C)OC(=O)CCC#Cc2cn([C@H]3C[C@@H](C)[C@@H](COP(=O)(O)OP(=O)(O)OP(C)(=O)O)O3)c(=O)nc2N)c1. The normalized spacial score (nSPS) is 21.7. The van der Waals surface area contributed by atoms with Gasteiger partial charge in [-0.1, -0.05) is 38.2 Å². The van der Waals surface area contributed by atoms with Gasteiger partial charge in [0.25, 0.3) is 5.69 Å². The number of aromatic nitrogens is 2. The van der Waals surface area contributed by atoms with E-state index in [9.17, 15) is 43.2 Å². The Labute approximate surface area is 280 Å². The van der Waals surface area contributed by atoms with Crippen LogP contribution in [0.1, 0.15) is 75.5 Å². The van der Waals surface area contributed by atoms with Crippen LogP contribution in [0.2, 0.25) is 0 Å². The zero-order chi connectivity index (χ0) is 36.7. The highest BCUT2D eigenvalue weighted by Crippen LogP contribution is 2.66. The van der Waals surface area contributed by atoms with Crippen molar-refractivity contribution in [2.75, 3.05) is 19.0 Å². The average molecular weight is 751 g/mol. The van der Waals surface area contributed by atoms with Gasteiger partial charge in [0.2, 0.25) is 0 Å². The average Bonchev–Trinajstić information content (AvgIpc) is 3.33. The number of benzene rings is 1. The highest BCUT2D eigenvalue weighted by molar-refractivity contribution is 7.68. The van der Waals surface area contributed by atoms with Gasteiger partial charge in [0.15, 0.2) is 0 Å². The van der Waals surface area contributed by atoms with Crippen LogP contribution < -0.4 is 11.4 Å². The van der Waals surface area contributed by atoms with Crippen molar-refractivity contribution in [1.29, 1.82) is 0 Å². The molecule has 1 aliphatic rings. The van der Waals surface area contributed by atoms with E-state index < -0.39 is 70.8 Å². The highest BCUT2D eigenvalue weighted by atomic mass is 31.3. The molecule has 2 heterocycles. The van der Waals surface area contributed by atoms with Crippen molar-refractivity contribution in [3.63, 3.8) is 0 Å². The number of aryl methyl sites for hydroxylation is 1. The van der Waals surface area contributed by atoms with Crippen LogP contribution in [0.3, 0.4) is 0 Å². The highest BCUT2D eigenvalue weighted by Gasteiger charge is 2.41. The zero-order valence-corrected chi connectivity index (χ0v) is 29.5. The number of nitro benzene ring substituents is 1. The van der Waals surface area contributed by atoms with E-state index in [2.05, 4.69) is 25.4 Å². The lowest BCUT2D eigenvalue weighted by molar-refractivity contribution is -0.386. The Morgan fingerprint density at radius 1 is 1.24 bits per heavy atom. The molecule has 7 atom stereocenters. The number of rotatable bonds is 15. The summed E-state index contributed by atoms with van der Waals surface area (Å²) in [5, 5.41) is 11.5. The Hall–Kier alpha value is -3.26. The van der Waals surface area contributed by atoms with Crippen LogP contribution in [0.4, 0.5) is 11.5 Å². The van der Waals surface area contributed by atoms with Gasteiger partial charge in [-0.25, -0.2) is 18.2 Å². The van der Waals surface area contributed by atoms with Crippen LogP contribution in [0.15, 0.2) is 29.2 Å². The number of ether oxygens (including phenoxy) is 2. The molecule has 0 spiro atoms. The topological polar surface area (TPSA) is 279 Å². The maximum absolute atomic E-state index is 12.6. The Bertz CT molecular complexity index is 1820. The molecule has 0 radical (unpaired) electrons. The summed E-state index contributed by atoms with van der Waals surface area (Å²) in [5.41, 5.74) is 6.23. The van der Waals surface area contributed by atoms with Gasteiger partial charge < -0.3 is 29.9 Å². The summed E-state index contributed by atoms with van der Waals surface area (Å²) in [6.45, 7) is 5.11. The fourth-order valence-electron chi connectivity index (χ4n) is 4.74. The number of anilines is 1. The second kappa shape index (κ2) is 16.6. The van der Waals surface area contributed by atoms with Gasteiger partial charge in [-0.3, -0.25) is 28.6 Å². The third-order valence-corrected chi connectivity index (χ3v) is 11.1. The minimum Gasteiger partial charge on any atom is -0.457 e. The second-order valence-electron chi connectivity index (χ2n) is 11.1. The van der Waals surface area contributed by atoms with Crippen molar-refractivity contribution in [3.05, 3.63) is 61.7 Å². The molecular weight excluding hydrogens is 713 g/mol. The molecule has 1 fully saturated rings. The molecule has 4 unspecified atom stereocenters. The van der Waals surface area contributed by atoms with E-state index in [0.29, 0.717) is 13.1 Å². The molecule has 1 saturated heterocycles. The Morgan fingerprint density at radius 3 is 2.57 bits per heavy atom. The van der Waals surface area contributed by atoms with Crippen LogP contribution in [-0.4, -0.2) is 54.5 Å². The van der Waals surface area contributed by atoms with Crippen LogP contribution >= 0.6 is 23.2 Å². The second-order valence-corrected chi connectivity index (χ2v) is 16.1. The van der Waals surface area contributed by atoms with Crippen LogP contribution in [0, 0.1) is 27.9 Å². The van der Waals surface area contributed by atoms with Crippen molar-refractivity contribution in [1.82, 2.24) is 9.55 Å². The molecule has 0 bridgehead atoms. The number of esters is 1. The van der Waals surface area contributed by atoms with E-state index >= 15 is 0 Å². The van der Waals surface area contributed by atoms with E-state index in [1.165, 1.54) is 12.3 Å². The Balaban J connectivity index is 1.62. The lowest BCUT2D eigenvalue weighted by atomic mass is 10.0. The molecule has 270 valence electrons. The molecule has 19 nitrogen and oxygen atoms in total. The summed E-state index contributed by atoms with van der Waals surface area (Å²) >= 11 is 0. The quantitative estimate of drug-likeness (QED) is 0.0655. The first-order chi connectivity index (χ1) is 22.7. The smallest absolute Gasteiger partial charge is 0.457 e. The van der Waals surface area contributed by atoms with E-state index in [1.54, 1.807) is 26.0 Å². The van der Waals surface area contributed by atoms with E-state index in [1.807, 2.05) is 6.92 Å². The third-order valence-electron chi connectivity index (χ3n) is 6.95. The minimum atomic E-state index is -5.45. The number of phosphoric acid groups is 2. The number of hydrogen-bond donors (Lipinski definition) is 4. The summed E-state index contributed by atoms with van der Waals surface area (Å²) in [6.07, 6.45) is 0.139. The van der Waals surface area contributed by atoms with E-state index in [4.69, 9.17) is 24.6 Å². The number of nitro groups is 1. The van der Waals surface area contributed by atoms with Crippen molar-refractivity contribution in [3.8, 4) is 11.8 Å². The molecular formula is C27H37N4O15P3. The third kappa shape index (κ3) is 12.2. The predicted molar refractivity (Wildman–Crippen MR) is 172 cm³/mol. The minimum absolute atomic E-state index is 0.0155. The molecule has 3 rings (SSSR count). The van der Waals surface area contributed by atoms with Crippen LogP contribution in [-0.2, 0) is 47.5 Å². The van der Waals surface area contributed by atoms with Gasteiger partial charge in [-0.15, -0.1) is 0 Å². The molecule has 22 heteroatoms. The zero-order valence-electron chi connectivity index (χ0n) is 26.9. The first-order valence-corrected chi connectivity index (χ1v) is 19.7.